The van der Waals surface area contributed by atoms with Crippen LogP contribution in [0.4, 0.5) is 4.39 Å². The molecule has 0 aliphatic heterocycles. The molecule has 3 amide bonds. The number of nitrogens with one attached hydrogen (secondary N) is 2. The van der Waals surface area contributed by atoms with Gasteiger partial charge in [0.1, 0.15) is 5.82 Å². The van der Waals surface area contributed by atoms with Gasteiger partial charge in [-0.25, -0.2) is 4.39 Å². The van der Waals surface area contributed by atoms with E-state index in [2.05, 4.69) is 10.6 Å². The van der Waals surface area contributed by atoms with Crippen LogP contribution in [0.25, 0.3) is 0 Å². The van der Waals surface area contributed by atoms with Gasteiger partial charge in [-0.1, -0.05) is 42.5 Å². The van der Waals surface area contributed by atoms with Gasteiger partial charge in [0, 0.05) is 25.2 Å². The predicted octanol–water partition coefficient (Wildman–Crippen LogP) is 1.70. The summed E-state index contributed by atoms with van der Waals surface area (Å²) >= 11 is 1.55. The normalized spacial score (nSPS) is 13.1. The molecule has 0 bridgehead atoms. The highest BCUT2D eigenvalue weighted by molar-refractivity contribution is 7.98. The number of hydrogen-bond donors (Lipinski definition) is 4. The Hall–Kier alpha value is -3.57. The van der Waals surface area contributed by atoms with Crippen molar-refractivity contribution in [2.75, 3.05) is 18.6 Å². The third-order valence-corrected chi connectivity index (χ3v) is 6.97. The van der Waals surface area contributed by atoms with E-state index in [9.17, 15) is 28.4 Å². The summed E-state index contributed by atoms with van der Waals surface area (Å²) in [5, 5.41) is 5.16. The van der Waals surface area contributed by atoms with E-state index in [1.807, 2.05) is 36.6 Å². The van der Waals surface area contributed by atoms with E-state index in [1.165, 1.54) is 24.3 Å². The van der Waals surface area contributed by atoms with E-state index in [-0.39, 0.29) is 50.2 Å². The van der Waals surface area contributed by atoms with E-state index >= 15 is 0 Å². The third kappa shape index (κ3) is 12.1. The van der Waals surface area contributed by atoms with Gasteiger partial charge in [-0.3, -0.25) is 24.0 Å². The first-order chi connectivity index (χ1) is 19.1. The van der Waals surface area contributed by atoms with Gasteiger partial charge in [-0.05, 0) is 54.5 Å². The van der Waals surface area contributed by atoms with Gasteiger partial charge < -0.3 is 22.1 Å². The van der Waals surface area contributed by atoms with Crippen molar-refractivity contribution in [3.8, 4) is 0 Å². The minimum atomic E-state index is -0.925. The standard InChI is InChI=1S/C29H37FN4O5S/c1-40-14-13-21(28(32)38)17-26(36)25(16-19-5-3-2-4-6-19)34-27(37)12-11-23(35)18-33-29(39)24(31)15-20-7-9-22(30)10-8-20/h2-10,21,24-25H,11-18,31H2,1H3,(H2,32,38)(H,33,39)(H,34,37)/t21?,24-,25?/m1/s1. The molecule has 2 aromatic rings. The minimum Gasteiger partial charge on any atom is -0.369 e. The zero-order valence-electron chi connectivity index (χ0n) is 22.6. The van der Waals surface area contributed by atoms with Crippen molar-refractivity contribution in [1.82, 2.24) is 10.6 Å². The van der Waals surface area contributed by atoms with Crippen molar-refractivity contribution in [2.24, 2.45) is 17.4 Å². The quantitative estimate of drug-likeness (QED) is 0.211. The van der Waals surface area contributed by atoms with Crippen molar-refractivity contribution < 1.29 is 28.4 Å². The average Bonchev–Trinajstić information content (AvgIpc) is 2.93. The van der Waals surface area contributed by atoms with Crippen molar-refractivity contribution in [1.29, 1.82) is 0 Å². The Morgan fingerprint density at radius 3 is 2.20 bits per heavy atom. The van der Waals surface area contributed by atoms with Crippen LogP contribution in [0, 0.1) is 11.7 Å². The Kier molecular flexibility index (Phi) is 14.0. The van der Waals surface area contributed by atoms with E-state index in [1.54, 1.807) is 11.8 Å². The second kappa shape index (κ2) is 17.2. The molecule has 0 spiro atoms. The summed E-state index contributed by atoms with van der Waals surface area (Å²) in [5.41, 5.74) is 12.9. The Balaban J connectivity index is 1.88. The van der Waals surface area contributed by atoms with Gasteiger partial charge >= 0.3 is 0 Å². The van der Waals surface area contributed by atoms with Crippen molar-refractivity contribution in [3.63, 3.8) is 0 Å². The summed E-state index contributed by atoms with van der Waals surface area (Å²) in [7, 11) is 0. The molecule has 0 aliphatic carbocycles. The van der Waals surface area contributed by atoms with Crippen molar-refractivity contribution >= 4 is 41.0 Å². The number of nitrogens with two attached hydrogens (primary N) is 2. The van der Waals surface area contributed by atoms with E-state index < -0.39 is 41.5 Å². The highest BCUT2D eigenvalue weighted by Crippen LogP contribution is 2.15. The lowest BCUT2D eigenvalue weighted by Gasteiger charge is -2.20. The first kappa shape index (κ1) is 32.6. The number of carbonyl (C=O) groups is 5. The maximum absolute atomic E-state index is 13.1. The molecule has 0 saturated carbocycles. The molecule has 0 aliphatic rings. The monoisotopic (exact) mass is 572 g/mol. The highest BCUT2D eigenvalue weighted by atomic mass is 32.2. The largest absolute Gasteiger partial charge is 0.369 e. The van der Waals surface area contributed by atoms with Crippen LogP contribution in [-0.4, -0.2) is 59.9 Å². The van der Waals surface area contributed by atoms with Gasteiger partial charge in [-0.2, -0.15) is 11.8 Å². The predicted molar refractivity (Wildman–Crippen MR) is 153 cm³/mol. The van der Waals surface area contributed by atoms with Gasteiger partial charge in [0.25, 0.3) is 0 Å². The Morgan fingerprint density at radius 1 is 0.925 bits per heavy atom. The van der Waals surface area contributed by atoms with Crippen LogP contribution in [0.1, 0.15) is 36.8 Å². The van der Waals surface area contributed by atoms with Crippen LogP contribution in [0.15, 0.2) is 54.6 Å². The molecular formula is C29H37FN4O5S. The molecular weight excluding hydrogens is 535 g/mol. The number of benzene rings is 2. The zero-order valence-corrected chi connectivity index (χ0v) is 23.4. The number of carbonyl (C=O) groups excluding carboxylic acids is 5. The third-order valence-electron chi connectivity index (χ3n) is 6.32. The lowest BCUT2D eigenvalue weighted by Crippen LogP contribution is -2.45. The maximum Gasteiger partial charge on any atom is 0.237 e. The molecule has 0 heterocycles. The molecule has 2 unspecified atom stereocenters. The lowest BCUT2D eigenvalue weighted by molar-refractivity contribution is -0.131. The van der Waals surface area contributed by atoms with Gasteiger partial charge in [-0.15, -0.1) is 0 Å². The number of ketones is 2. The van der Waals surface area contributed by atoms with Crippen LogP contribution in [0.3, 0.4) is 0 Å². The van der Waals surface area contributed by atoms with Crippen molar-refractivity contribution in [2.45, 2.75) is 50.6 Å². The van der Waals surface area contributed by atoms with Gasteiger partial charge in [0.05, 0.1) is 18.6 Å². The molecule has 9 nitrogen and oxygen atoms in total. The maximum atomic E-state index is 13.1. The number of halogens is 1. The Morgan fingerprint density at radius 2 is 1.57 bits per heavy atom. The fraction of sp³-hybridized carbons (Fsp3) is 0.414. The topological polar surface area (TPSA) is 161 Å². The molecule has 216 valence electrons. The molecule has 0 radical (unpaired) electrons. The smallest absolute Gasteiger partial charge is 0.237 e. The molecule has 0 saturated heterocycles. The number of rotatable bonds is 18. The second-order valence-electron chi connectivity index (χ2n) is 9.55. The molecule has 40 heavy (non-hydrogen) atoms. The van der Waals surface area contributed by atoms with E-state index in [4.69, 9.17) is 11.5 Å². The van der Waals surface area contributed by atoms with Crippen LogP contribution in [-0.2, 0) is 36.8 Å². The van der Waals surface area contributed by atoms with Crippen molar-refractivity contribution in [3.05, 3.63) is 71.5 Å². The Labute approximate surface area is 238 Å². The molecule has 0 fully saturated rings. The van der Waals surface area contributed by atoms with Crippen LogP contribution < -0.4 is 22.1 Å². The first-order valence-corrected chi connectivity index (χ1v) is 14.4. The summed E-state index contributed by atoms with van der Waals surface area (Å²) in [6.45, 7) is -0.300. The molecule has 11 heteroatoms. The number of thioether (sulfide) groups is 1. The first-order valence-electron chi connectivity index (χ1n) is 13.0. The average molecular weight is 573 g/mol. The lowest BCUT2D eigenvalue weighted by atomic mass is 9.92. The fourth-order valence-corrected chi connectivity index (χ4v) is 4.50. The van der Waals surface area contributed by atoms with Gasteiger partial charge in [0.2, 0.25) is 17.7 Å². The van der Waals surface area contributed by atoms with Crippen LogP contribution in [0.5, 0.6) is 0 Å². The highest BCUT2D eigenvalue weighted by Gasteiger charge is 2.27. The summed E-state index contributed by atoms with van der Waals surface area (Å²) in [4.78, 5) is 62.2. The SMILES string of the molecule is CSCCC(CC(=O)C(Cc1ccccc1)NC(=O)CCC(=O)CNC(=O)[C@H](N)Cc1ccc(F)cc1)C(N)=O. The number of hydrogen-bond acceptors (Lipinski definition) is 7. The Bertz CT molecular complexity index is 1150. The number of primary amides is 1. The van der Waals surface area contributed by atoms with E-state index in [0.717, 1.165) is 5.56 Å². The summed E-state index contributed by atoms with van der Waals surface area (Å²) in [5.74, 6) is -2.64. The van der Waals surface area contributed by atoms with E-state index in [0.29, 0.717) is 17.7 Å². The van der Waals surface area contributed by atoms with Gasteiger partial charge in [0.15, 0.2) is 11.6 Å². The second-order valence-corrected chi connectivity index (χ2v) is 10.5. The fourth-order valence-electron chi connectivity index (χ4n) is 3.98. The summed E-state index contributed by atoms with van der Waals surface area (Å²) in [6.07, 6.45) is 2.35. The molecule has 3 atom stereocenters. The molecule has 0 aromatic heterocycles. The summed E-state index contributed by atoms with van der Waals surface area (Å²) in [6, 6.07) is 12.9. The minimum absolute atomic E-state index is 0.0865. The molecule has 2 rings (SSSR count). The number of Topliss-reactive ketones (excluding diaryl/α,β-unsaturated/α-hetero) is 2. The summed E-state index contributed by atoms with van der Waals surface area (Å²) < 4.78 is 13.0. The molecule has 6 N–H and O–H groups in total. The number of amides is 3. The molecule has 2 aromatic carbocycles. The van der Waals surface area contributed by atoms with Crippen LogP contribution in [0.2, 0.25) is 0 Å². The zero-order chi connectivity index (χ0) is 29.5. The van der Waals surface area contributed by atoms with Crippen LogP contribution >= 0.6 is 11.8 Å².